The van der Waals surface area contributed by atoms with Crippen molar-refractivity contribution in [1.29, 1.82) is 0 Å². The Morgan fingerprint density at radius 3 is 2.81 bits per heavy atom. The molecule has 0 spiro atoms. The molecule has 0 aliphatic heterocycles. The quantitative estimate of drug-likeness (QED) is 0.500. The van der Waals surface area contributed by atoms with Crippen molar-refractivity contribution in [3.63, 3.8) is 0 Å². The molecule has 1 heterocycles. The van der Waals surface area contributed by atoms with Crippen LogP contribution in [0.1, 0.15) is 19.3 Å². The number of nitrogens with zero attached hydrogens (tertiary/aromatic N) is 1. The molecule has 0 aromatic carbocycles. The molecule has 0 saturated heterocycles. The van der Waals surface area contributed by atoms with Crippen LogP contribution < -0.4 is 4.73 Å². The van der Waals surface area contributed by atoms with E-state index in [4.69, 9.17) is 11.6 Å². The zero-order chi connectivity index (χ0) is 11.1. The lowest BCUT2D eigenvalue weighted by Gasteiger charge is -2.24. The summed E-state index contributed by atoms with van der Waals surface area (Å²) in [6.45, 7) is 0. The zero-order valence-corrected chi connectivity index (χ0v) is 10.5. The summed E-state index contributed by atoms with van der Waals surface area (Å²) in [4.78, 5) is 0. The van der Waals surface area contributed by atoms with Crippen molar-refractivity contribution in [2.45, 2.75) is 34.9 Å². The number of alkyl halides is 1. The molecule has 4 heteroatoms. The summed E-state index contributed by atoms with van der Waals surface area (Å²) < 4.78 is 1.19. The van der Waals surface area contributed by atoms with E-state index in [1.807, 2.05) is 18.2 Å². The van der Waals surface area contributed by atoms with Crippen molar-refractivity contribution >= 4 is 23.4 Å². The maximum absolute atomic E-state index is 9.68. The topological polar surface area (TPSA) is 24.1 Å². The van der Waals surface area contributed by atoms with Crippen LogP contribution in [0.5, 0.6) is 0 Å². The molecule has 0 amide bonds. The Kier molecular flexibility index (Phi) is 2.76. The van der Waals surface area contributed by atoms with Crippen LogP contribution in [-0.4, -0.2) is 15.8 Å². The molecule has 0 radical (unpaired) electrons. The first-order valence-corrected chi connectivity index (χ1v) is 7.08. The van der Waals surface area contributed by atoms with Crippen LogP contribution in [0.2, 0.25) is 0 Å². The molecule has 2 nitrogen and oxygen atoms in total. The van der Waals surface area contributed by atoms with Crippen molar-refractivity contribution in [2.24, 2.45) is 11.8 Å². The zero-order valence-electron chi connectivity index (χ0n) is 8.92. The number of rotatable bonds is 2. The fourth-order valence-corrected chi connectivity index (χ4v) is 4.97. The third-order valence-corrected chi connectivity index (χ3v) is 6.09. The minimum absolute atomic E-state index is 0.281. The van der Waals surface area contributed by atoms with Gasteiger partial charge >= 0.3 is 0 Å². The Balaban J connectivity index is 1.78. The molecule has 2 fully saturated rings. The molecule has 16 heavy (non-hydrogen) atoms. The van der Waals surface area contributed by atoms with Crippen LogP contribution in [0.4, 0.5) is 0 Å². The van der Waals surface area contributed by atoms with Gasteiger partial charge in [-0.3, -0.25) is 5.21 Å². The number of fused-ring (bicyclic) bond motifs is 2. The summed E-state index contributed by atoms with van der Waals surface area (Å²) in [5, 5.41) is 11.3. The Bertz CT molecular complexity index is 398. The Labute approximate surface area is 105 Å². The number of thioether (sulfide) groups is 1. The monoisotopic (exact) mass is 256 g/mol. The van der Waals surface area contributed by atoms with Gasteiger partial charge in [0.1, 0.15) is 0 Å². The van der Waals surface area contributed by atoms with Crippen LogP contribution in [0, 0.1) is 11.8 Å². The van der Waals surface area contributed by atoms with Gasteiger partial charge in [0.05, 0.1) is 0 Å². The minimum Gasteiger partial charge on any atom is -0.284 e. The largest absolute Gasteiger partial charge is 0.291 e. The maximum atomic E-state index is 9.68. The molecule has 3 rings (SSSR count). The molecule has 4 atom stereocenters. The predicted octanol–water partition coefficient (Wildman–Crippen LogP) is 2.71. The number of pyridine rings is 1. The fourth-order valence-electron chi connectivity index (χ4n) is 2.98. The summed E-state index contributed by atoms with van der Waals surface area (Å²) in [7, 11) is 0. The van der Waals surface area contributed by atoms with Crippen molar-refractivity contribution < 1.29 is 9.94 Å². The van der Waals surface area contributed by atoms with E-state index in [-0.39, 0.29) is 5.38 Å². The molecule has 1 N–H and O–H groups in total. The summed E-state index contributed by atoms with van der Waals surface area (Å²) in [5.74, 6) is 1.46. The van der Waals surface area contributed by atoms with E-state index in [1.165, 1.54) is 24.0 Å². The van der Waals surface area contributed by atoms with E-state index < -0.39 is 0 Å². The van der Waals surface area contributed by atoms with E-state index in [1.54, 1.807) is 18.0 Å². The van der Waals surface area contributed by atoms with Crippen molar-refractivity contribution in [3.05, 3.63) is 24.4 Å². The molecular weight excluding hydrogens is 242 g/mol. The normalized spacial score (nSPS) is 36.8. The Morgan fingerprint density at radius 2 is 2.12 bits per heavy atom. The average molecular weight is 257 g/mol. The molecule has 1 aromatic heterocycles. The van der Waals surface area contributed by atoms with Crippen molar-refractivity contribution in [3.8, 4) is 0 Å². The second kappa shape index (κ2) is 4.11. The first kappa shape index (κ1) is 10.7. The van der Waals surface area contributed by atoms with E-state index in [9.17, 15) is 5.21 Å². The highest BCUT2D eigenvalue weighted by atomic mass is 35.5. The first-order chi connectivity index (χ1) is 7.75. The van der Waals surface area contributed by atoms with Crippen LogP contribution in [0.15, 0.2) is 29.4 Å². The average Bonchev–Trinajstić information content (AvgIpc) is 2.85. The predicted molar refractivity (Wildman–Crippen MR) is 63.9 cm³/mol. The first-order valence-electron chi connectivity index (χ1n) is 5.76. The number of hydrogen-bond donors (Lipinski definition) is 1. The summed E-state index contributed by atoms with van der Waals surface area (Å²) in [5.41, 5.74) is 0. The van der Waals surface area contributed by atoms with Crippen LogP contribution in [-0.2, 0) is 0 Å². The van der Waals surface area contributed by atoms with Crippen LogP contribution in [0.25, 0.3) is 0 Å². The van der Waals surface area contributed by atoms with Crippen molar-refractivity contribution in [2.75, 3.05) is 0 Å². The van der Waals surface area contributed by atoms with Gasteiger partial charge in [-0.05, 0) is 48.9 Å². The SMILES string of the molecule is O[n+]1ccccc1S[C@H]1[C@H]2CC[C@H](C2)[C@H]1Cl. The number of halogens is 1. The Morgan fingerprint density at radius 1 is 1.31 bits per heavy atom. The van der Waals surface area contributed by atoms with Gasteiger partial charge in [0, 0.05) is 27.5 Å². The van der Waals surface area contributed by atoms with Gasteiger partial charge in [-0.15, -0.1) is 11.6 Å². The molecule has 2 bridgehead atoms. The minimum atomic E-state index is 0.281. The lowest BCUT2D eigenvalue weighted by atomic mass is 10.00. The van der Waals surface area contributed by atoms with Crippen LogP contribution >= 0.6 is 23.4 Å². The van der Waals surface area contributed by atoms with Gasteiger partial charge < -0.3 is 0 Å². The lowest BCUT2D eigenvalue weighted by molar-refractivity contribution is -0.932. The molecule has 2 saturated carbocycles. The van der Waals surface area contributed by atoms with E-state index in [0.29, 0.717) is 11.2 Å². The molecule has 2 aliphatic carbocycles. The van der Waals surface area contributed by atoms with Gasteiger partial charge in [0.15, 0.2) is 0 Å². The maximum Gasteiger partial charge on any atom is 0.291 e. The van der Waals surface area contributed by atoms with Gasteiger partial charge in [-0.2, -0.15) is 0 Å². The van der Waals surface area contributed by atoms with Gasteiger partial charge in [-0.1, -0.05) is 0 Å². The highest BCUT2D eigenvalue weighted by Gasteiger charge is 2.48. The summed E-state index contributed by atoms with van der Waals surface area (Å²) in [6, 6.07) is 5.72. The summed E-state index contributed by atoms with van der Waals surface area (Å²) in [6.07, 6.45) is 5.55. The smallest absolute Gasteiger partial charge is 0.284 e. The molecular formula is C12H15ClNOS+. The third-order valence-electron chi connectivity index (χ3n) is 3.80. The van der Waals surface area contributed by atoms with Crippen LogP contribution in [0.3, 0.4) is 0 Å². The highest BCUT2D eigenvalue weighted by Crippen LogP contribution is 2.52. The standard InChI is InChI=1S/C12H15ClNOS/c13-11-8-4-5-9(7-8)12(11)16-10-3-1-2-6-14(10)15/h1-3,6,8-9,11-12,15H,4-5,7H2/q+1/t8-,9+,11-,12+/m1/s1. The number of hydrogen-bond acceptors (Lipinski definition) is 2. The number of aromatic nitrogens is 1. The molecule has 86 valence electrons. The fraction of sp³-hybridized carbons (Fsp3) is 0.583. The highest BCUT2D eigenvalue weighted by molar-refractivity contribution is 7.99. The molecule has 2 aliphatic rings. The second-order valence-electron chi connectivity index (χ2n) is 4.74. The molecule has 0 unspecified atom stereocenters. The molecule has 1 aromatic rings. The van der Waals surface area contributed by atoms with Gasteiger partial charge in [-0.25, -0.2) is 0 Å². The summed E-state index contributed by atoms with van der Waals surface area (Å²) >= 11 is 8.20. The van der Waals surface area contributed by atoms with E-state index in [2.05, 4.69) is 0 Å². The van der Waals surface area contributed by atoms with Gasteiger partial charge in [0.25, 0.3) is 5.03 Å². The Hall–Kier alpha value is -0.410. The van der Waals surface area contributed by atoms with E-state index >= 15 is 0 Å². The van der Waals surface area contributed by atoms with Crippen molar-refractivity contribution in [1.82, 2.24) is 0 Å². The second-order valence-corrected chi connectivity index (χ2v) is 6.45. The third kappa shape index (κ3) is 1.70. The van der Waals surface area contributed by atoms with Gasteiger partial charge in [0.2, 0.25) is 6.20 Å². The lowest BCUT2D eigenvalue weighted by Crippen LogP contribution is -2.34. The van der Waals surface area contributed by atoms with E-state index in [0.717, 1.165) is 10.9 Å².